The molecular weight excluding hydrogens is 796 g/mol. The van der Waals surface area contributed by atoms with E-state index < -0.39 is 0 Å². The number of ether oxygens (including phenoxy) is 4. The fraction of sp³-hybridized carbons (Fsp3) is 0.214. The van der Waals surface area contributed by atoms with E-state index >= 15 is 0 Å². The summed E-state index contributed by atoms with van der Waals surface area (Å²) in [5, 5.41) is 8.12. The summed E-state index contributed by atoms with van der Waals surface area (Å²) in [4.78, 5) is 21.0. The molecule has 0 aliphatic carbocycles. The number of nitrogens with one attached hydrogen (secondary N) is 2. The van der Waals surface area contributed by atoms with Gasteiger partial charge in [-0.1, -0.05) is 95.4 Å². The second kappa shape index (κ2) is 19.6. The molecule has 0 saturated heterocycles. The van der Waals surface area contributed by atoms with E-state index in [1.165, 1.54) is 20.3 Å². The first kappa shape index (κ1) is 42.0. The van der Waals surface area contributed by atoms with Gasteiger partial charge in [0.15, 0.2) is 5.78 Å². The summed E-state index contributed by atoms with van der Waals surface area (Å²) >= 11 is 25.6. The molecule has 0 saturated carbocycles. The predicted molar refractivity (Wildman–Crippen MR) is 231 cm³/mol. The lowest BCUT2D eigenvalue weighted by Crippen LogP contribution is -2.08. The Kier molecular flexibility index (Phi) is 14.7. The number of hydrogen-bond donors (Lipinski definition) is 3. The number of benzene rings is 4. The number of allylic oxidation sites excluding steroid dienone is 3. The molecule has 0 aromatic heterocycles. The Morgan fingerprint density at radius 2 is 1.11 bits per heavy atom. The molecule has 4 aromatic carbocycles. The van der Waals surface area contributed by atoms with Gasteiger partial charge >= 0.3 is 0 Å². The average molecular weight is 838 g/mol. The minimum absolute atomic E-state index is 0.0248. The zero-order valence-corrected chi connectivity index (χ0v) is 34.3. The molecule has 0 unspecified atom stereocenters. The van der Waals surface area contributed by atoms with Crippen LogP contribution in [0.3, 0.4) is 0 Å². The normalized spacial score (nSPS) is 13.0. The Morgan fingerprint density at radius 3 is 1.54 bits per heavy atom. The van der Waals surface area contributed by atoms with E-state index in [9.17, 15) is 4.79 Å². The average Bonchev–Trinajstić information content (AvgIpc) is 3.89. The van der Waals surface area contributed by atoms with Gasteiger partial charge in [0.2, 0.25) is 0 Å². The summed E-state index contributed by atoms with van der Waals surface area (Å²) in [5.41, 5.74) is 14.5. The van der Waals surface area contributed by atoms with Crippen LogP contribution in [0.25, 0.3) is 0 Å². The van der Waals surface area contributed by atoms with Crippen molar-refractivity contribution in [1.29, 1.82) is 0 Å². The summed E-state index contributed by atoms with van der Waals surface area (Å²) in [7, 11) is 6.16. The van der Waals surface area contributed by atoms with Gasteiger partial charge in [-0.2, -0.15) is 0 Å². The first-order valence-electron chi connectivity index (χ1n) is 17.3. The maximum Gasteiger partial charge on any atom is 0.159 e. The molecule has 0 amide bonds. The highest BCUT2D eigenvalue weighted by atomic mass is 35.5. The predicted octanol–water partition coefficient (Wildman–Crippen LogP) is 9.58. The summed E-state index contributed by atoms with van der Waals surface area (Å²) in [6.45, 7) is 5.72. The molecule has 2 aliphatic heterocycles. The Bertz CT molecular complexity index is 2200. The highest BCUT2D eigenvalue weighted by Gasteiger charge is 2.21. The maximum atomic E-state index is 11.8. The molecular formula is C42H41Cl4N5O5. The zero-order valence-electron chi connectivity index (χ0n) is 31.3. The SMILES string of the molecule is C=CC(=O)Cc1ccccc1C1=NCC(CNc2c(Cl)c(OC)cc(OC)c2Cl)=C1.COc1cc(OC)c(Cl)c(NCC2=CC(c3ccccc3N)=NC2)c1Cl. The van der Waals surface area contributed by atoms with Crippen molar-refractivity contribution in [2.24, 2.45) is 9.98 Å². The van der Waals surface area contributed by atoms with Gasteiger partial charge in [0.1, 0.15) is 43.1 Å². The molecule has 56 heavy (non-hydrogen) atoms. The highest BCUT2D eigenvalue weighted by molar-refractivity contribution is 6.41. The number of hydrogen-bond acceptors (Lipinski definition) is 10. The standard InChI is InChI=1S/C23H22Cl2N2O3.C19H19Cl2N3O2/c1-4-16(28)10-15-7-5-6-8-17(15)18-9-14(12-26-18)13-27-23-21(24)19(29-2)11-20(30-3)22(23)25;1-25-15-8-16(26-2)18(21)19(17(15)20)24-10-11-7-14(23-9-11)12-5-3-4-6-13(12)22/h4-9,11,27H,1,10,12-13H2,2-3H3;3-8,24H,9-10,22H2,1-2H3. The van der Waals surface area contributed by atoms with Gasteiger partial charge in [-0.25, -0.2) is 0 Å². The molecule has 292 valence electrons. The van der Waals surface area contributed by atoms with Crippen LogP contribution in [0.1, 0.15) is 16.7 Å². The summed E-state index contributed by atoms with van der Waals surface area (Å²) < 4.78 is 21.2. The van der Waals surface area contributed by atoms with Gasteiger partial charge in [0, 0.05) is 48.5 Å². The minimum Gasteiger partial charge on any atom is -0.495 e. The first-order valence-corrected chi connectivity index (χ1v) is 18.8. The number of ketones is 1. The zero-order chi connectivity index (χ0) is 40.4. The second-order valence-electron chi connectivity index (χ2n) is 12.4. The maximum absolute atomic E-state index is 11.8. The number of rotatable bonds is 15. The number of nitrogens with two attached hydrogens (primary N) is 1. The van der Waals surface area contributed by atoms with Crippen LogP contribution in [0.5, 0.6) is 23.0 Å². The lowest BCUT2D eigenvalue weighted by molar-refractivity contribution is -0.114. The molecule has 0 fully saturated rings. The fourth-order valence-corrected chi connectivity index (χ4v) is 7.15. The smallest absolute Gasteiger partial charge is 0.159 e. The van der Waals surface area contributed by atoms with Crippen molar-refractivity contribution in [2.75, 3.05) is 71.0 Å². The van der Waals surface area contributed by atoms with Crippen molar-refractivity contribution in [2.45, 2.75) is 6.42 Å². The molecule has 4 aromatic rings. The molecule has 0 radical (unpaired) electrons. The highest BCUT2D eigenvalue weighted by Crippen LogP contribution is 2.45. The monoisotopic (exact) mass is 835 g/mol. The Labute approximate surface area is 346 Å². The first-order chi connectivity index (χ1) is 27.0. The lowest BCUT2D eigenvalue weighted by Gasteiger charge is -2.16. The number of methoxy groups -OCH3 is 4. The molecule has 2 heterocycles. The van der Waals surface area contributed by atoms with Gasteiger partial charge in [-0.05, 0) is 41.0 Å². The van der Waals surface area contributed by atoms with E-state index in [1.807, 2.05) is 60.7 Å². The molecule has 14 heteroatoms. The number of nitrogens with zero attached hydrogens (tertiary/aromatic N) is 2. The van der Waals surface area contributed by atoms with Crippen molar-refractivity contribution < 1.29 is 23.7 Å². The summed E-state index contributed by atoms with van der Waals surface area (Å²) in [5.74, 6) is 1.90. The molecule has 10 nitrogen and oxygen atoms in total. The van der Waals surface area contributed by atoms with Crippen LogP contribution in [0, 0.1) is 0 Å². The Hall–Kier alpha value is -5.13. The van der Waals surface area contributed by atoms with E-state index in [1.54, 1.807) is 26.4 Å². The largest absolute Gasteiger partial charge is 0.495 e. The van der Waals surface area contributed by atoms with Gasteiger partial charge in [0.05, 0.1) is 64.3 Å². The van der Waals surface area contributed by atoms with Crippen molar-refractivity contribution in [3.63, 3.8) is 0 Å². The number of nitrogen functional groups attached to an aromatic ring is 1. The molecule has 6 rings (SSSR count). The Morgan fingerprint density at radius 1 is 0.696 bits per heavy atom. The Balaban J connectivity index is 0.000000216. The van der Waals surface area contributed by atoms with E-state index in [0.29, 0.717) is 92.8 Å². The third kappa shape index (κ3) is 9.81. The van der Waals surface area contributed by atoms with Crippen molar-refractivity contribution in [1.82, 2.24) is 0 Å². The number of carbonyl (C=O) groups excluding carboxylic acids is 1. The number of para-hydroxylation sites is 1. The van der Waals surface area contributed by atoms with E-state index in [4.69, 9.17) is 71.1 Å². The van der Waals surface area contributed by atoms with E-state index in [2.05, 4.69) is 27.2 Å². The van der Waals surface area contributed by atoms with Crippen LogP contribution in [0.2, 0.25) is 20.1 Å². The third-order valence-electron chi connectivity index (χ3n) is 8.84. The molecule has 4 N–H and O–H groups in total. The van der Waals surface area contributed by atoms with Crippen LogP contribution in [0.15, 0.2) is 107 Å². The van der Waals surface area contributed by atoms with Crippen LogP contribution < -0.4 is 35.3 Å². The second-order valence-corrected chi connectivity index (χ2v) is 13.9. The van der Waals surface area contributed by atoms with Gasteiger partial charge < -0.3 is 35.3 Å². The number of carbonyl (C=O) groups is 1. The minimum atomic E-state index is -0.0248. The molecule has 0 atom stereocenters. The van der Waals surface area contributed by atoms with Crippen LogP contribution in [-0.4, -0.2) is 71.8 Å². The lowest BCUT2D eigenvalue weighted by atomic mass is 9.98. The van der Waals surface area contributed by atoms with Gasteiger partial charge in [-0.3, -0.25) is 14.8 Å². The van der Waals surface area contributed by atoms with Gasteiger partial charge in [-0.15, -0.1) is 0 Å². The summed E-state index contributed by atoms with van der Waals surface area (Å²) in [6.07, 6.45) is 5.69. The van der Waals surface area contributed by atoms with Gasteiger partial charge in [0.25, 0.3) is 0 Å². The van der Waals surface area contributed by atoms with Crippen molar-refractivity contribution in [3.8, 4) is 23.0 Å². The van der Waals surface area contributed by atoms with Crippen LogP contribution in [-0.2, 0) is 11.2 Å². The molecule has 2 aliphatic rings. The summed E-state index contributed by atoms with van der Waals surface area (Å²) in [6, 6.07) is 18.7. The molecule has 0 spiro atoms. The van der Waals surface area contributed by atoms with Crippen molar-refractivity contribution >= 4 is 80.7 Å². The number of aliphatic imine (C=N–C) groups is 2. The number of halogens is 4. The topological polar surface area (TPSA) is 129 Å². The van der Waals surface area contributed by atoms with E-state index in [0.717, 1.165) is 39.3 Å². The molecule has 0 bridgehead atoms. The third-order valence-corrected chi connectivity index (χ3v) is 10.3. The van der Waals surface area contributed by atoms with Crippen molar-refractivity contribution in [3.05, 3.63) is 133 Å². The van der Waals surface area contributed by atoms with E-state index in [-0.39, 0.29) is 5.78 Å². The fourth-order valence-electron chi connectivity index (χ4n) is 5.88. The van der Waals surface area contributed by atoms with Crippen LogP contribution >= 0.6 is 46.4 Å². The van der Waals surface area contributed by atoms with Crippen LogP contribution in [0.4, 0.5) is 17.1 Å². The quantitative estimate of drug-likeness (QED) is 0.0798. The number of anilines is 3.